The quantitative estimate of drug-likeness (QED) is 0.899. The van der Waals surface area contributed by atoms with Crippen LogP contribution in [0, 0.1) is 12.3 Å². The van der Waals surface area contributed by atoms with E-state index in [1.54, 1.807) is 6.07 Å². The average molecular weight is 317 g/mol. The zero-order valence-electron chi connectivity index (χ0n) is 12.0. The van der Waals surface area contributed by atoms with Gasteiger partial charge < -0.3 is 10.6 Å². The first-order valence-electron chi connectivity index (χ1n) is 6.75. The molecule has 1 fully saturated rings. The van der Waals surface area contributed by atoms with E-state index < -0.39 is 0 Å². The molecule has 2 N–H and O–H groups in total. The number of carbonyl (C=O) groups excluding carboxylic acids is 1. The summed E-state index contributed by atoms with van der Waals surface area (Å²) in [7, 11) is 0. The molecule has 5 heteroatoms. The van der Waals surface area contributed by atoms with Gasteiger partial charge in [0.25, 0.3) is 5.91 Å². The van der Waals surface area contributed by atoms with E-state index in [4.69, 9.17) is 11.6 Å². The van der Waals surface area contributed by atoms with Crippen LogP contribution < -0.4 is 10.6 Å². The molecule has 0 atom stereocenters. The number of benzene rings is 1. The molecule has 0 aliphatic carbocycles. The van der Waals surface area contributed by atoms with Crippen molar-refractivity contribution in [3.8, 4) is 0 Å². The second-order valence-electron chi connectivity index (χ2n) is 5.73. The number of nitrogens with one attached hydrogen (secondary N) is 2. The van der Waals surface area contributed by atoms with Crippen molar-refractivity contribution < 1.29 is 4.79 Å². The van der Waals surface area contributed by atoms with Crippen LogP contribution in [-0.4, -0.2) is 25.5 Å². The van der Waals surface area contributed by atoms with Crippen molar-refractivity contribution in [2.45, 2.75) is 26.7 Å². The highest BCUT2D eigenvalue weighted by Gasteiger charge is 2.27. The van der Waals surface area contributed by atoms with Gasteiger partial charge in [0, 0.05) is 6.54 Å². The average Bonchev–Trinajstić information content (AvgIpc) is 2.37. The Kier molecular flexibility index (Phi) is 6.31. The topological polar surface area (TPSA) is 41.1 Å². The smallest absolute Gasteiger partial charge is 0.252 e. The molecule has 2 rings (SSSR count). The molecule has 0 saturated carbocycles. The predicted octanol–water partition coefficient (Wildman–Crippen LogP) is 3.19. The summed E-state index contributed by atoms with van der Waals surface area (Å²) < 4.78 is 0. The molecule has 112 valence electrons. The fraction of sp³-hybridized carbons (Fsp3) is 0.533. The second-order valence-corrected chi connectivity index (χ2v) is 6.13. The Bertz CT molecular complexity index is 471. The summed E-state index contributed by atoms with van der Waals surface area (Å²) in [6.45, 7) is 6.95. The van der Waals surface area contributed by atoms with Gasteiger partial charge in [-0.25, -0.2) is 0 Å². The van der Waals surface area contributed by atoms with E-state index in [2.05, 4.69) is 17.6 Å². The Balaban J connectivity index is 0.00000200. The van der Waals surface area contributed by atoms with Gasteiger partial charge in [-0.3, -0.25) is 4.79 Å². The minimum absolute atomic E-state index is 0. The lowest BCUT2D eigenvalue weighted by atomic mass is 9.81. The highest BCUT2D eigenvalue weighted by atomic mass is 35.5. The lowest BCUT2D eigenvalue weighted by Crippen LogP contribution is -2.42. The Labute approximate surface area is 131 Å². The van der Waals surface area contributed by atoms with E-state index in [-0.39, 0.29) is 23.7 Å². The fourth-order valence-electron chi connectivity index (χ4n) is 2.40. The number of halogens is 2. The molecule has 0 spiro atoms. The monoisotopic (exact) mass is 316 g/mol. The summed E-state index contributed by atoms with van der Waals surface area (Å²) in [5.74, 6) is -0.0789. The first-order valence-corrected chi connectivity index (χ1v) is 7.13. The summed E-state index contributed by atoms with van der Waals surface area (Å²) in [5.41, 5.74) is 1.81. The molecule has 1 heterocycles. The molecule has 1 saturated heterocycles. The molecule has 0 radical (unpaired) electrons. The Hall–Kier alpha value is -0.770. The lowest BCUT2D eigenvalue weighted by molar-refractivity contribution is 0.0922. The normalized spacial score (nSPS) is 17.1. The number of amides is 1. The van der Waals surface area contributed by atoms with E-state index in [1.807, 2.05) is 19.1 Å². The van der Waals surface area contributed by atoms with E-state index in [9.17, 15) is 4.79 Å². The van der Waals surface area contributed by atoms with Gasteiger partial charge in [-0.05, 0) is 56.0 Å². The van der Waals surface area contributed by atoms with Crippen molar-refractivity contribution in [1.29, 1.82) is 0 Å². The number of aryl methyl sites for hydroxylation is 1. The molecule has 20 heavy (non-hydrogen) atoms. The Morgan fingerprint density at radius 1 is 1.40 bits per heavy atom. The standard InChI is InChI=1S/C15H21ClN2O.ClH/c1-11-3-4-12(13(16)9-11)14(19)18-10-15(2)5-7-17-8-6-15;/h3-4,9,17H,5-8,10H2,1-2H3,(H,18,19);1H. The number of carbonyl (C=O) groups is 1. The Morgan fingerprint density at radius 3 is 2.65 bits per heavy atom. The third-order valence-electron chi connectivity index (χ3n) is 3.86. The molecule has 1 aliphatic heterocycles. The van der Waals surface area contributed by atoms with Crippen LogP contribution in [0.15, 0.2) is 18.2 Å². The summed E-state index contributed by atoms with van der Waals surface area (Å²) in [6.07, 6.45) is 2.18. The molecule has 0 aromatic heterocycles. The molecule has 1 amide bonds. The molecular weight excluding hydrogens is 295 g/mol. The van der Waals surface area contributed by atoms with Crippen molar-refractivity contribution in [2.24, 2.45) is 5.41 Å². The fourth-order valence-corrected chi connectivity index (χ4v) is 2.72. The van der Waals surface area contributed by atoms with Gasteiger partial charge in [0.15, 0.2) is 0 Å². The summed E-state index contributed by atoms with van der Waals surface area (Å²) in [4.78, 5) is 12.2. The van der Waals surface area contributed by atoms with Crippen molar-refractivity contribution in [3.63, 3.8) is 0 Å². The summed E-state index contributed by atoms with van der Waals surface area (Å²) in [6, 6.07) is 5.52. The molecule has 0 bridgehead atoms. The van der Waals surface area contributed by atoms with Crippen LogP contribution in [0.25, 0.3) is 0 Å². The number of hydrogen-bond acceptors (Lipinski definition) is 2. The largest absolute Gasteiger partial charge is 0.351 e. The van der Waals surface area contributed by atoms with E-state index in [0.717, 1.165) is 31.5 Å². The van der Waals surface area contributed by atoms with Crippen LogP contribution in [-0.2, 0) is 0 Å². The summed E-state index contributed by atoms with van der Waals surface area (Å²) >= 11 is 6.11. The van der Waals surface area contributed by atoms with Gasteiger partial charge in [-0.2, -0.15) is 0 Å². The maximum atomic E-state index is 12.2. The van der Waals surface area contributed by atoms with Gasteiger partial charge in [0.2, 0.25) is 0 Å². The molecule has 1 aliphatic rings. The van der Waals surface area contributed by atoms with Crippen molar-refractivity contribution in [2.75, 3.05) is 19.6 Å². The molecule has 1 aromatic rings. The van der Waals surface area contributed by atoms with Crippen molar-refractivity contribution in [1.82, 2.24) is 10.6 Å². The number of rotatable bonds is 3. The van der Waals surface area contributed by atoms with Gasteiger partial charge in [0.1, 0.15) is 0 Å². The Morgan fingerprint density at radius 2 is 2.05 bits per heavy atom. The minimum atomic E-state index is -0.0789. The second kappa shape index (κ2) is 7.30. The zero-order valence-corrected chi connectivity index (χ0v) is 13.5. The maximum absolute atomic E-state index is 12.2. The van der Waals surface area contributed by atoms with Crippen LogP contribution in [0.5, 0.6) is 0 Å². The highest BCUT2D eigenvalue weighted by Crippen LogP contribution is 2.27. The highest BCUT2D eigenvalue weighted by molar-refractivity contribution is 6.33. The van der Waals surface area contributed by atoms with Crippen LogP contribution in [0.4, 0.5) is 0 Å². The molecule has 3 nitrogen and oxygen atoms in total. The van der Waals surface area contributed by atoms with Crippen LogP contribution in [0.3, 0.4) is 0 Å². The maximum Gasteiger partial charge on any atom is 0.252 e. The SMILES string of the molecule is Cc1ccc(C(=O)NCC2(C)CCNCC2)c(Cl)c1.Cl. The predicted molar refractivity (Wildman–Crippen MR) is 86.0 cm³/mol. The van der Waals surface area contributed by atoms with Gasteiger partial charge in [-0.1, -0.05) is 24.6 Å². The lowest BCUT2D eigenvalue weighted by Gasteiger charge is -2.34. The third kappa shape index (κ3) is 4.37. The van der Waals surface area contributed by atoms with Crippen molar-refractivity contribution in [3.05, 3.63) is 34.3 Å². The molecule has 0 unspecified atom stereocenters. The van der Waals surface area contributed by atoms with Crippen LogP contribution in [0.2, 0.25) is 5.02 Å². The molecule has 1 aromatic carbocycles. The van der Waals surface area contributed by atoms with Crippen LogP contribution in [0.1, 0.15) is 35.7 Å². The first kappa shape index (κ1) is 17.3. The van der Waals surface area contributed by atoms with Gasteiger partial charge >= 0.3 is 0 Å². The van der Waals surface area contributed by atoms with Gasteiger partial charge in [0.05, 0.1) is 10.6 Å². The number of piperidine rings is 1. The molecular formula is C15H22Cl2N2O. The van der Waals surface area contributed by atoms with E-state index in [0.29, 0.717) is 17.1 Å². The first-order chi connectivity index (χ1) is 9.00. The van der Waals surface area contributed by atoms with E-state index >= 15 is 0 Å². The zero-order chi connectivity index (χ0) is 13.9. The van der Waals surface area contributed by atoms with E-state index in [1.165, 1.54) is 0 Å². The third-order valence-corrected chi connectivity index (χ3v) is 4.17. The minimum Gasteiger partial charge on any atom is -0.351 e. The van der Waals surface area contributed by atoms with Gasteiger partial charge in [-0.15, -0.1) is 12.4 Å². The number of hydrogen-bond donors (Lipinski definition) is 2. The van der Waals surface area contributed by atoms with Crippen molar-refractivity contribution >= 4 is 29.9 Å². The summed E-state index contributed by atoms with van der Waals surface area (Å²) in [5, 5.41) is 6.88. The van der Waals surface area contributed by atoms with Crippen LogP contribution >= 0.6 is 24.0 Å².